The monoisotopic (exact) mass is 218 g/mol. The molecular formula is C8H6N6O2. The summed E-state index contributed by atoms with van der Waals surface area (Å²) >= 11 is 0. The van der Waals surface area contributed by atoms with E-state index < -0.39 is 0 Å². The normalized spacial score (nSPS) is 10.8. The highest BCUT2D eigenvalue weighted by Crippen LogP contribution is 2.22. The minimum atomic E-state index is 0.265. The van der Waals surface area contributed by atoms with Crippen LogP contribution in [0, 0.1) is 6.92 Å². The van der Waals surface area contributed by atoms with Crippen LogP contribution in [0.4, 0.5) is 0 Å². The number of hydrogen-bond acceptors (Lipinski definition) is 7. The highest BCUT2D eigenvalue weighted by molar-refractivity contribution is 5.51. The molecule has 0 amide bonds. The summed E-state index contributed by atoms with van der Waals surface area (Å²) in [5.41, 5.74) is 0.688. The molecule has 0 fully saturated rings. The molecule has 0 saturated carbocycles. The van der Waals surface area contributed by atoms with Crippen LogP contribution in [-0.2, 0) is 0 Å². The summed E-state index contributed by atoms with van der Waals surface area (Å²) in [4.78, 5) is 12.0. The van der Waals surface area contributed by atoms with Crippen molar-refractivity contribution in [3.05, 3.63) is 18.4 Å². The number of aryl methyl sites for hydroxylation is 1. The molecule has 0 aliphatic carbocycles. The second kappa shape index (κ2) is 3.26. The molecule has 0 bridgehead atoms. The summed E-state index contributed by atoms with van der Waals surface area (Å²) in [5, 5.41) is 10.1. The largest absolute Gasteiger partial charge is 0.438 e. The number of aromatic nitrogens is 6. The van der Waals surface area contributed by atoms with E-state index in [-0.39, 0.29) is 5.89 Å². The second-order valence-corrected chi connectivity index (χ2v) is 3.02. The standard InChI is InChI=1S/C8H6N6O2/c1-4-5(15-3-10-4)8-12-7(14-16-8)6-9-2-11-13-6/h2-3H,1H3,(H,9,11,13). The molecule has 1 N–H and O–H groups in total. The molecule has 0 aliphatic rings. The molecule has 0 saturated heterocycles. The first-order valence-electron chi connectivity index (χ1n) is 4.44. The number of nitrogens with zero attached hydrogens (tertiary/aromatic N) is 5. The fraction of sp³-hybridized carbons (Fsp3) is 0.125. The minimum Gasteiger partial charge on any atom is -0.438 e. The Bertz CT molecular complexity index is 596. The molecule has 3 rings (SSSR count). The third-order valence-electron chi connectivity index (χ3n) is 1.99. The van der Waals surface area contributed by atoms with Gasteiger partial charge in [-0.2, -0.15) is 10.1 Å². The average molecular weight is 218 g/mol. The summed E-state index contributed by atoms with van der Waals surface area (Å²) in [7, 11) is 0. The molecular weight excluding hydrogens is 212 g/mol. The van der Waals surface area contributed by atoms with Crippen LogP contribution in [0.5, 0.6) is 0 Å². The molecule has 8 nitrogen and oxygen atoms in total. The maximum atomic E-state index is 5.13. The lowest BCUT2D eigenvalue weighted by molar-refractivity contribution is 0.415. The van der Waals surface area contributed by atoms with E-state index in [0.717, 1.165) is 0 Å². The van der Waals surface area contributed by atoms with Gasteiger partial charge >= 0.3 is 0 Å². The zero-order valence-electron chi connectivity index (χ0n) is 8.21. The Kier molecular flexibility index (Phi) is 1.79. The highest BCUT2D eigenvalue weighted by Gasteiger charge is 2.17. The van der Waals surface area contributed by atoms with E-state index in [1.165, 1.54) is 12.7 Å². The fourth-order valence-corrected chi connectivity index (χ4v) is 1.23. The van der Waals surface area contributed by atoms with Gasteiger partial charge in [0.2, 0.25) is 11.6 Å². The predicted molar refractivity (Wildman–Crippen MR) is 49.9 cm³/mol. The molecule has 3 heterocycles. The third kappa shape index (κ3) is 1.28. The summed E-state index contributed by atoms with van der Waals surface area (Å²) in [6.07, 6.45) is 2.69. The van der Waals surface area contributed by atoms with Crippen molar-refractivity contribution >= 4 is 0 Å². The zero-order chi connectivity index (χ0) is 11.0. The predicted octanol–water partition coefficient (Wildman–Crippen LogP) is 0.818. The Balaban J connectivity index is 2.03. The number of hydrogen-bond donors (Lipinski definition) is 1. The molecule has 0 unspecified atom stereocenters. The van der Waals surface area contributed by atoms with Crippen LogP contribution in [0.15, 0.2) is 21.7 Å². The van der Waals surface area contributed by atoms with Crippen LogP contribution >= 0.6 is 0 Å². The Hall–Kier alpha value is -2.51. The van der Waals surface area contributed by atoms with Gasteiger partial charge in [0.1, 0.15) is 6.33 Å². The van der Waals surface area contributed by atoms with Crippen molar-refractivity contribution in [1.29, 1.82) is 0 Å². The SMILES string of the molecule is Cc1ncoc1-c1nc(-c2ncn[nH]2)no1. The van der Waals surface area contributed by atoms with Gasteiger partial charge in [0.05, 0.1) is 5.69 Å². The number of rotatable bonds is 2. The van der Waals surface area contributed by atoms with Gasteiger partial charge in [-0.15, -0.1) is 0 Å². The van der Waals surface area contributed by atoms with E-state index in [2.05, 4.69) is 30.3 Å². The Morgan fingerprint density at radius 1 is 1.31 bits per heavy atom. The number of oxazole rings is 1. The topological polar surface area (TPSA) is 107 Å². The molecule has 80 valence electrons. The van der Waals surface area contributed by atoms with Crippen molar-refractivity contribution in [2.24, 2.45) is 0 Å². The van der Waals surface area contributed by atoms with Crippen molar-refractivity contribution in [3.8, 4) is 23.3 Å². The van der Waals surface area contributed by atoms with E-state index in [0.29, 0.717) is 23.1 Å². The molecule has 0 aromatic carbocycles. The lowest BCUT2D eigenvalue weighted by atomic mass is 10.4. The molecule has 0 radical (unpaired) electrons. The molecule has 3 aromatic heterocycles. The van der Waals surface area contributed by atoms with Crippen molar-refractivity contribution in [2.45, 2.75) is 6.92 Å². The third-order valence-corrected chi connectivity index (χ3v) is 1.99. The smallest absolute Gasteiger partial charge is 0.296 e. The van der Waals surface area contributed by atoms with Gasteiger partial charge in [0, 0.05) is 0 Å². The van der Waals surface area contributed by atoms with Crippen LogP contribution < -0.4 is 0 Å². The first-order valence-corrected chi connectivity index (χ1v) is 4.44. The minimum absolute atomic E-state index is 0.265. The summed E-state index contributed by atoms with van der Waals surface area (Å²) < 4.78 is 10.2. The Labute approximate surface area is 88.7 Å². The first-order chi connectivity index (χ1) is 7.84. The molecule has 0 aliphatic heterocycles. The van der Waals surface area contributed by atoms with Gasteiger partial charge in [0.25, 0.3) is 5.89 Å². The molecule has 0 atom stereocenters. The van der Waals surface area contributed by atoms with Crippen LogP contribution in [0.1, 0.15) is 5.69 Å². The number of aromatic amines is 1. The molecule has 8 heteroatoms. The second-order valence-electron chi connectivity index (χ2n) is 3.02. The summed E-state index contributed by atoms with van der Waals surface area (Å²) in [6.45, 7) is 1.79. The van der Waals surface area contributed by atoms with Crippen molar-refractivity contribution in [1.82, 2.24) is 30.3 Å². The number of H-pyrrole nitrogens is 1. The van der Waals surface area contributed by atoms with Gasteiger partial charge in [0.15, 0.2) is 12.2 Å². The van der Waals surface area contributed by atoms with Crippen molar-refractivity contribution in [3.63, 3.8) is 0 Å². The van der Waals surface area contributed by atoms with E-state index in [1.54, 1.807) is 6.92 Å². The summed E-state index contributed by atoms with van der Waals surface area (Å²) in [5.74, 6) is 1.48. The quantitative estimate of drug-likeness (QED) is 0.678. The van der Waals surface area contributed by atoms with Crippen LogP contribution in [0.3, 0.4) is 0 Å². The summed E-state index contributed by atoms with van der Waals surface area (Å²) in [6, 6.07) is 0. The number of nitrogens with one attached hydrogen (secondary N) is 1. The van der Waals surface area contributed by atoms with Crippen LogP contribution in [0.2, 0.25) is 0 Å². The van der Waals surface area contributed by atoms with Gasteiger partial charge in [-0.1, -0.05) is 5.16 Å². The molecule has 16 heavy (non-hydrogen) atoms. The lowest BCUT2D eigenvalue weighted by Crippen LogP contribution is -1.83. The Morgan fingerprint density at radius 3 is 2.94 bits per heavy atom. The maximum Gasteiger partial charge on any atom is 0.296 e. The van der Waals surface area contributed by atoms with Crippen LogP contribution in [-0.4, -0.2) is 30.3 Å². The molecule has 3 aromatic rings. The van der Waals surface area contributed by atoms with Gasteiger partial charge < -0.3 is 8.94 Å². The first kappa shape index (κ1) is 8.77. The van der Waals surface area contributed by atoms with E-state index in [9.17, 15) is 0 Å². The van der Waals surface area contributed by atoms with E-state index in [1.807, 2.05) is 0 Å². The van der Waals surface area contributed by atoms with Crippen molar-refractivity contribution in [2.75, 3.05) is 0 Å². The Morgan fingerprint density at radius 2 is 2.25 bits per heavy atom. The average Bonchev–Trinajstić information content (AvgIpc) is 2.96. The zero-order valence-corrected chi connectivity index (χ0v) is 8.21. The molecule has 0 spiro atoms. The van der Waals surface area contributed by atoms with Gasteiger partial charge in [-0.25, -0.2) is 9.97 Å². The maximum absolute atomic E-state index is 5.13. The highest BCUT2D eigenvalue weighted by atomic mass is 16.5. The van der Waals surface area contributed by atoms with Gasteiger partial charge in [-0.3, -0.25) is 5.10 Å². The van der Waals surface area contributed by atoms with E-state index in [4.69, 9.17) is 8.94 Å². The van der Waals surface area contributed by atoms with Gasteiger partial charge in [-0.05, 0) is 6.92 Å². The van der Waals surface area contributed by atoms with Crippen LogP contribution in [0.25, 0.3) is 23.3 Å². The fourth-order valence-electron chi connectivity index (χ4n) is 1.23. The van der Waals surface area contributed by atoms with E-state index >= 15 is 0 Å². The lowest BCUT2D eigenvalue weighted by Gasteiger charge is -1.85. The van der Waals surface area contributed by atoms with Crippen molar-refractivity contribution < 1.29 is 8.94 Å².